The zero-order valence-corrected chi connectivity index (χ0v) is 12.8. The number of benzene rings is 1. The van der Waals surface area contributed by atoms with Crippen molar-refractivity contribution in [2.75, 3.05) is 0 Å². The summed E-state index contributed by atoms with van der Waals surface area (Å²) >= 11 is 0. The number of hydrogen-bond acceptors (Lipinski definition) is 4. The Morgan fingerprint density at radius 1 is 1.15 bits per heavy atom. The van der Waals surface area contributed by atoms with Crippen LogP contribution < -0.4 is 4.74 Å². The molecule has 0 unspecified atom stereocenters. The molecule has 0 saturated heterocycles. The predicted octanol–water partition coefficient (Wildman–Crippen LogP) is 4.20. The third kappa shape index (κ3) is 3.38. The van der Waals surface area contributed by atoms with Crippen LogP contribution in [-0.4, -0.2) is 10.1 Å². The lowest BCUT2D eigenvalue weighted by Gasteiger charge is -2.11. The minimum atomic E-state index is 0.263. The predicted molar refractivity (Wildman–Crippen MR) is 78.0 cm³/mol. The minimum absolute atomic E-state index is 0.263. The molecule has 0 atom stereocenters. The summed E-state index contributed by atoms with van der Waals surface area (Å²) in [6.07, 6.45) is 0. The molecule has 2 aromatic rings. The number of hydrogen-bond donors (Lipinski definition) is 0. The van der Waals surface area contributed by atoms with Crippen molar-refractivity contribution in [3.63, 3.8) is 0 Å². The first-order valence-electron chi connectivity index (χ1n) is 7.03. The van der Waals surface area contributed by atoms with E-state index in [1.807, 2.05) is 20.8 Å². The summed E-state index contributed by atoms with van der Waals surface area (Å²) in [7, 11) is 0. The molecule has 20 heavy (non-hydrogen) atoms. The van der Waals surface area contributed by atoms with E-state index in [4.69, 9.17) is 9.26 Å². The van der Waals surface area contributed by atoms with Crippen LogP contribution in [0.1, 0.15) is 62.4 Å². The molecule has 2 rings (SSSR count). The van der Waals surface area contributed by atoms with Crippen molar-refractivity contribution in [1.29, 1.82) is 0 Å². The van der Waals surface area contributed by atoms with Crippen molar-refractivity contribution in [2.45, 2.75) is 53.1 Å². The molecule has 0 amide bonds. The molecule has 0 bridgehead atoms. The Morgan fingerprint density at radius 2 is 1.90 bits per heavy atom. The average molecular weight is 274 g/mol. The first kappa shape index (κ1) is 14.6. The molecule has 1 aromatic carbocycles. The first-order chi connectivity index (χ1) is 9.47. The third-order valence-corrected chi connectivity index (χ3v) is 3.23. The second kappa shape index (κ2) is 6.07. The van der Waals surface area contributed by atoms with Gasteiger partial charge in [0.25, 0.3) is 5.89 Å². The van der Waals surface area contributed by atoms with Crippen LogP contribution in [0.25, 0.3) is 0 Å². The molecule has 0 aliphatic heterocycles. The Morgan fingerprint density at radius 3 is 2.50 bits per heavy atom. The lowest BCUT2D eigenvalue weighted by Crippen LogP contribution is -1.99. The van der Waals surface area contributed by atoms with Gasteiger partial charge in [-0.1, -0.05) is 45.0 Å². The van der Waals surface area contributed by atoms with E-state index >= 15 is 0 Å². The molecule has 4 heteroatoms. The molecule has 1 heterocycles. The van der Waals surface area contributed by atoms with Crippen LogP contribution in [0.2, 0.25) is 0 Å². The Kier molecular flexibility index (Phi) is 4.42. The lowest BCUT2D eigenvalue weighted by molar-refractivity contribution is 0.241. The topological polar surface area (TPSA) is 48.2 Å². The van der Waals surface area contributed by atoms with Crippen molar-refractivity contribution in [3.05, 3.63) is 41.0 Å². The van der Waals surface area contributed by atoms with Gasteiger partial charge < -0.3 is 9.26 Å². The molecule has 0 saturated carbocycles. The molecular weight excluding hydrogens is 252 g/mol. The maximum atomic E-state index is 5.81. The number of rotatable bonds is 5. The summed E-state index contributed by atoms with van der Waals surface area (Å²) in [5.74, 6) is 2.85. The Balaban J connectivity index is 2.07. The van der Waals surface area contributed by atoms with Crippen LogP contribution in [0.5, 0.6) is 5.75 Å². The number of nitrogens with zero attached hydrogens (tertiary/aromatic N) is 2. The minimum Gasteiger partial charge on any atom is -0.483 e. The summed E-state index contributed by atoms with van der Waals surface area (Å²) in [4.78, 5) is 4.31. The fourth-order valence-electron chi connectivity index (χ4n) is 1.83. The molecule has 108 valence electrons. The number of ether oxygens (including phenoxy) is 1. The van der Waals surface area contributed by atoms with Crippen LogP contribution in [0.3, 0.4) is 0 Å². The smallest absolute Gasteiger partial charge is 0.264 e. The Hall–Kier alpha value is -1.84. The SMILES string of the molecule is Cc1ccc(C(C)C)cc1OCc1nc(C(C)C)no1. The summed E-state index contributed by atoms with van der Waals surface area (Å²) < 4.78 is 11.0. The fourth-order valence-corrected chi connectivity index (χ4v) is 1.83. The fraction of sp³-hybridized carbons (Fsp3) is 0.500. The molecule has 0 aliphatic carbocycles. The summed E-state index contributed by atoms with van der Waals surface area (Å²) in [5.41, 5.74) is 2.37. The van der Waals surface area contributed by atoms with E-state index < -0.39 is 0 Å². The standard InChI is InChI=1S/C16H22N2O2/c1-10(2)13-7-6-12(5)14(8-13)19-9-15-17-16(11(3)4)18-20-15/h6-8,10-11H,9H2,1-5H3. The van der Waals surface area contributed by atoms with Crippen LogP contribution in [0, 0.1) is 6.92 Å². The normalized spacial score (nSPS) is 11.3. The molecular formula is C16H22N2O2. The largest absolute Gasteiger partial charge is 0.483 e. The highest BCUT2D eigenvalue weighted by atomic mass is 16.5. The van der Waals surface area contributed by atoms with Crippen LogP contribution in [-0.2, 0) is 6.61 Å². The third-order valence-electron chi connectivity index (χ3n) is 3.23. The van der Waals surface area contributed by atoms with Gasteiger partial charge in [0.15, 0.2) is 12.4 Å². The monoisotopic (exact) mass is 274 g/mol. The zero-order valence-electron chi connectivity index (χ0n) is 12.8. The second-order valence-corrected chi connectivity index (χ2v) is 5.67. The van der Waals surface area contributed by atoms with E-state index in [9.17, 15) is 0 Å². The van der Waals surface area contributed by atoms with Crippen molar-refractivity contribution in [1.82, 2.24) is 10.1 Å². The van der Waals surface area contributed by atoms with Crippen molar-refractivity contribution >= 4 is 0 Å². The lowest BCUT2D eigenvalue weighted by atomic mass is 10.0. The summed E-state index contributed by atoms with van der Waals surface area (Å²) in [6.45, 7) is 10.7. The van der Waals surface area contributed by atoms with Gasteiger partial charge in [0.05, 0.1) is 0 Å². The van der Waals surface area contributed by atoms with E-state index in [1.54, 1.807) is 0 Å². The maximum absolute atomic E-state index is 5.81. The van der Waals surface area contributed by atoms with Gasteiger partial charge in [-0.3, -0.25) is 0 Å². The van der Waals surface area contributed by atoms with Gasteiger partial charge in [-0.15, -0.1) is 0 Å². The highest BCUT2D eigenvalue weighted by Gasteiger charge is 2.11. The Labute approximate surface area is 120 Å². The molecule has 0 radical (unpaired) electrons. The van der Waals surface area contributed by atoms with Crippen LogP contribution >= 0.6 is 0 Å². The van der Waals surface area contributed by atoms with Crippen LogP contribution in [0.15, 0.2) is 22.7 Å². The molecule has 0 N–H and O–H groups in total. The van der Waals surface area contributed by atoms with E-state index in [0.717, 1.165) is 17.1 Å². The van der Waals surface area contributed by atoms with Crippen molar-refractivity contribution < 1.29 is 9.26 Å². The quantitative estimate of drug-likeness (QED) is 0.819. The van der Waals surface area contributed by atoms with Gasteiger partial charge in [-0.05, 0) is 30.0 Å². The first-order valence-corrected chi connectivity index (χ1v) is 7.03. The average Bonchev–Trinajstić information content (AvgIpc) is 2.86. The maximum Gasteiger partial charge on any atom is 0.264 e. The van der Waals surface area contributed by atoms with Crippen LogP contribution in [0.4, 0.5) is 0 Å². The van der Waals surface area contributed by atoms with Gasteiger partial charge in [0.1, 0.15) is 5.75 Å². The molecule has 0 fully saturated rings. The summed E-state index contributed by atoms with van der Waals surface area (Å²) in [5, 5.41) is 3.93. The molecule has 1 aromatic heterocycles. The second-order valence-electron chi connectivity index (χ2n) is 5.67. The van der Waals surface area contributed by atoms with Crippen molar-refractivity contribution in [2.24, 2.45) is 0 Å². The zero-order chi connectivity index (χ0) is 14.7. The highest BCUT2D eigenvalue weighted by Crippen LogP contribution is 2.25. The van der Waals surface area contributed by atoms with E-state index in [0.29, 0.717) is 18.4 Å². The van der Waals surface area contributed by atoms with Gasteiger partial charge in [-0.25, -0.2) is 0 Å². The summed E-state index contributed by atoms with van der Waals surface area (Å²) in [6, 6.07) is 6.30. The molecule has 0 aliphatic rings. The van der Waals surface area contributed by atoms with E-state index in [-0.39, 0.29) is 5.92 Å². The van der Waals surface area contributed by atoms with E-state index in [1.165, 1.54) is 5.56 Å². The van der Waals surface area contributed by atoms with Gasteiger partial charge in [0.2, 0.25) is 0 Å². The van der Waals surface area contributed by atoms with Gasteiger partial charge >= 0.3 is 0 Å². The van der Waals surface area contributed by atoms with E-state index in [2.05, 4.69) is 42.2 Å². The van der Waals surface area contributed by atoms with Gasteiger partial charge in [0, 0.05) is 5.92 Å². The van der Waals surface area contributed by atoms with Crippen molar-refractivity contribution in [3.8, 4) is 5.75 Å². The Bertz CT molecular complexity index is 574. The molecule has 4 nitrogen and oxygen atoms in total. The highest BCUT2D eigenvalue weighted by molar-refractivity contribution is 5.37. The molecule has 0 spiro atoms. The number of aromatic nitrogens is 2. The van der Waals surface area contributed by atoms with Gasteiger partial charge in [-0.2, -0.15) is 4.98 Å². The number of aryl methyl sites for hydroxylation is 1.